The number of piperazine rings is 1. The van der Waals surface area contributed by atoms with Crippen molar-refractivity contribution in [3.8, 4) is 0 Å². The van der Waals surface area contributed by atoms with Crippen LogP contribution in [0.4, 0.5) is 10.1 Å². The van der Waals surface area contributed by atoms with Gasteiger partial charge >= 0.3 is 0 Å². The lowest BCUT2D eigenvalue weighted by atomic mass is 10.1. The molecule has 2 aliphatic heterocycles. The second-order valence-corrected chi connectivity index (χ2v) is 8.78. The van der Waals surface area contributed by atoms with Crippen molar-refractivity contribution in [3.05, 3.63) is 64.8 Å². The summed E-state index contributed by atoms with van der Waals surface area (Å²) in [6, 6.07) is 11.9. The highest BCUT2D eigenvalue weighted by Crippen LogP contribution is 2.41. The Morgan fingerprint density at radius 2 is 1.64 bits per heavy atom. The second-order valence-electron chi connectivity index (χ2n) is 6.93. The maximum Gasteiger partial charge on any atom is 0.269 e. The highest BCUT2D eigenvalue weighted by Gasteiger charge is 2.42. The summed E-state index contributed by atoms with van der Waals surface area (Å²) in [6.07, 6.45) is 0. The minimum atomic E-state index is -3.95. The van der Waals surface area contributed by atoms with Gasteiger partial charge in [0.25, 0.3) is 5.91 Å². The van der Waals surface area contributed by atoms with Crippen molar-refractivity contribution in [2.75, 3.05) is 38.5 Å². The quantitative estimate of drug-likeness (QED) is 0.854. The zero-order valence-corrected chi connectivity index (χ0v) is 16.2. The molecule has 146 valence electrons. The number of hydrogen-bond acceptors (Lipinski definition) is 5. The Bertz CT molecular complexity index is 1060. The normalized spacial score (nSPS) is 18.9. The largest absolute Gasteiger partial charge is 0.367 e. The van der Waals surface area contributed by atoms with Crippen LogP contribution in [0.3, 0.4) is 0 Å². The summed E-state index contributed by atoms with van der Waals surface area (Å²) in [7, 11) is -1.94. The van der Waals surface area contributed by atoms with E-state index < -0.39 is 21.6 Å². The molecule has 0 aliphatic carbocycles. The van der Waals surface area contributed by atoms with E-state index in [1.807, 2.05) is 11.9 Å². The molecule has 0 aromatic heterocycles. The Morgan fingerprint density at radius 3 is 2.32 bits per heavy atom. The molecule has 6 nitrogen and oxygen atoms in total. The fourth-order valence-electron chi connectivity index (χ4n) is 3.55. The Balaban J connectivity index is 1.78. The lowest BCUT2D eigenvalue weighted by Gasteiger charge is -2.35. The predicted octanol–water partition coefficient (Wildman–Crippen LogP) is 2.17. The topological polar surface area (TPSA) is 69.7 Å². The van der Waals surface area contributed by atoms with E-state index in [4.69, 9.17) is 0 Å². The smallest absolute Gasteiger partial charge is 0.269 e. The highest BCUT2D eigenvalue weighted by molar-refractivity contribution is 7.97. The van der Waals surface area contributed by atoms with Crippen LogP contribution in [0.1, 0.15) is 5.56 Å². The molecule has 28 heavy (non-hydrogen) atoms. The fourth-order valence-corrected chi connectivity index (χ4v) is 5.27. The van der Waals surface area contributed by atoms with E-state index in [1.54, 1.807) is 18.2 Å². The number of nitrogens with zero attached hydrogens (tertiary/aromatic N) is 2. The van der Waals surface area contributed by atoms with Crippen LogP contribution in [0, 0.1) is 5.82 Å². The minimum Gasteiger partial charge on any atom is -0.367 e. The molecule has 2 heterocycles. The molecule has 2 aromatic rings. The van der Waals surface area contributed by atoms with E-state index in [-0.39, 0.29) is 9.80 Å². The van der Waals surface area contributed by atoms with Gasteiger partial charge in [-0.2, -0.15) is 0 Å². The van der Waals surface area contributed by atoms with Gasteiger partial charge in [0, 0.05) is 37.4 Å². The number of carbonyl (C=O) groups excluding carboxylic acids is 1. The number of fused-ring (bicyclic) bond motifs is 1. The van der Waals surface area contributed by atoms with Crippen molar-refractivity contribution in [2.24, 2.45) is 0 Å². The Kier molecular flexibility index (Phi) is 4.68. The zero-order chi connectivity index (χ0) is 19.9. The van der Waals surface area contributed by atoms with Gasteiger partial charge in [0.2, 0.25) is 9.84 Å². The van der Waals surface area contributed by atoms with Crippen molar-refractivity contribution in [3.63, 3.8) is 0 Å². The second kappa shape index (κ2) is 7.03. The van der Waals surface area contributed by atoms with Gasteiger partial charge in [-0.1, -0.05) is 18.2 Å². The molecule has 8 heteroatoms. The predicted molar refractivity (Wildman–Crippen MR) is 105 cm³/mol. The number of rotatable bonds is 3. The van der Waals surface area contributed by atoms with Crippen molar-refractivity contribution in [1.82, 2.24) is 9.80 Å². The van der Waals surface area contributed by atoms with E-state index in [1.165, 1.54) is 30.3 Å². The molecule has 0 bridgehead atoms. The van der Waals surface area contributed by atoms with Crippen LogP contribution < -0.4 is 5.32 Å². The number of anilines is 1. The number of hydrogen-bond donors (Lipinski definition) is 1. The molecule has 0 spiro atoms. The van der Waals surface area contributed by atoms with Gasteiger partial charge in [-0.25, -0.2) is 12.8 Å². The number of benzene rings is 2. The summed E-state index contributed by atoms with van der Waals surface area (Å²) in [6.45, 7) is 2.81. The molecule has 0 saturated carbocycles. The monoisotopic (exact) mass is 401 g/mol. The highest BCUT2D eigenvalue weighted by atomic mass is 32.2. The lowest BCUT2D eigenvalue weighted by Crippen LogP contribution is -2.43. The van der Waals surface area contributed by atoms with Crippen molar-refractivity contribution >= 4 is 27.1 Å². The number of nitrogens with one attached hydrogen (secondary N) is 1. The van der Waals surface area contributed by atoms with Crippen LogP contribution in [-0.2, 0) is 14.6 Å². The molecule has 2 aliphatic rings. The number of amides is 1. The minimum absolute atomic E-state index is 0.146. The van der Waals surface area contributed by atoms with E-state index in [0.717, 1.165) is 13.1 Å². The summed E-state index contributed by atoms with van der Waals surface area (Å²) in [4.78, 5) is 17.0. The van der Waals surface area contributed by atoms with Crippen LogP contribution in [0.5, 0.6) is 0 Å². The van der Waals surface area contributed by atoms with Crippen LogP contribution in [-0.4, -0.2) is 57.4 Å². The van der Waals surface area contributed by atoms with Gasteiger partial charge in [0.15, 0.2) is 4.91 Å². The molecule has 4 rings (SSSR count). The number of halogens is 1. The lowest BCUT2D eigenvalue weighted by molar-refractivity contribution is -0.112. The maximum absolute atomic E-state index is 13.2. The molecule has 2 aromatic carbocycles. The summed E-state index contributed by atoms with van der Waals surface area (Å²) < 4.78 is 39.5. The third-order valence-electron chi connectivity index (χ3n) is 5.04. The summed E-state index contributed by atoms with van der Waals surface area (Å²) in [5, 5.41) is 2.60. The average molecular weight is 401 g/mol. The number of carbonyl (C=O) groups is 1. The molecule has 0 unspecified atom stereocenters. The molecule has 1 fully saturated rings. The van der Waals surface area contributed by atoms with Gasteiger partial charge < -0.3 is 15.1 Å². The molecular weight excluding hydrogens is 381 g/mol. The summed E-state index contributed by atoms with van der Waals surface area (Å²) >= 11 is 0. The van der Waals surface area contributed by atoms with Gasteiger partial charge in [-0.15, -0.1) is 0 Å². The number of likely N-dealkylation sites (N-methyl/N-ethyl adjacent to an activating group) is 1. The molecule has 0 atom stereocenters. The van der Waals surface area contributed by atoms with Crippen LogP contribution in [0.25, 0.3) is 5.70 Å². The first-order chi connectivity index (χ1) is 13.4. The zero-order valence-electron chi connectivity index (χ0n) is 15.4. The summed E-state index contributed by atoms with van der Waals surface area (Å²) in [5.41, 5.74) is 1.34. The summed E-state index contributed by atoms with van der Waals surface area (Å²) in [5.74, 6) is -1.15. The van der Waals surface area contributed by atoms with Gasteiger partial charge in [-0.3, -0.25) is 4.79 Å². The fraction of sp³-hybridized carbons (Fsp3) is 0.250. The first kappa shape index (κ1) is 18.6. The first-order valence-corrected chi connectivity index (χ1v) is 10.5. The standard InChI is InChI=1S/C20H20FN3O3S/c1-23-10-12-24(13-11-23)18-16-4-2-3-5-17(16)28(26,27)19(18)20(25)22-15-8-6-14(21)7-9-15/h2-9H,10-13H2,1H3,(H,22,25). The van der Waals surface area contributed by atoms with Crippen LogP contribution >= 0.6 is 0 Å². The first-order valence-electron chi connectivity index (χ1n) is 8.97. The van der Waals surface area contributed by atoms with Crippen LogP contribution in [0.2, 0.25) is 0 Å². The Hall–Kier alpha value is -2.71. The van der Waals surface area contributed by atoms with E-state index >= 15 is 0 Å². The molecular formula is C20H20FN3O3S. The van der Waals surface area contributed by atoms with Gasteiger partial charge in [-0.05, 0) is 37.4 Å². The van der Waals surface area contributed by atoms with Crippen molar-refractivity contribution < 1.29 is 17.6 Å². The third-order valence-corrected chi connectivity index (χ3v) is 6.89. The van der Waals surface area contributed by atoms with Gasteiger partial charge in [0.1, 0.15) is 5.82 Å². The Labute approximate surface area is 163 Å². The van der Waals surface area contributed by atoms with E-state index in [0.29, 0.717) is 30.0 Å². The molecule has 0 radical (unpaired) electrons. The van der Waals surface area contributed by atoms with Gasteiger partial charge in [0.05, 0.1) is 10.6 Å². The van der Waals surface area contributed by atoms with Crippen molar-refractivity contribution in [1.29, 1.82) is 0 Å². The average Bonchev–Trinajstić information content (AvgIpc) is 2.92. The molecule has 1 N–H and O–H groups in total. The molecule has 1 amide bonds. The SMILES string of the molecule is CN1CCN(C2=C(C(=O)Nc3ccc(F)cc3)S(=O)(=O)c3ccccc32)CC1. The molecule has 1 saturated heterocycles. The van der Waals surface area contributed by atoms with Crippen molar-refractivity contribution in [2.45, 2.75) is 4.90 Å². The van der Waals surface area contributed by atoms with E-state index in [9.17, 15) is 17.6 Å². The van der Waals surface area contributed by atoms with E-state index in [2.05, 4.69) is 10.2 Å². The number of sulfone groups is 1. The Morgan fingerprint density at radius 1 is 1.00 bits per heavy atom. The van der Waals surface area contributed by atoms with Crippen LogP contribution in [0.15, 0.2) is 58.3 Å². The maximum atomic E-state index is 13.2. The third kappa shape index (κ3) is 3.18.